The molecule has 2 aromatic carbocycles. The molecule has 1 aromatic heterocycles. The largest absolute Gasteiger partial charge is 0.236 e. The second-order valence-electron chi connectivity index (χ2n) is 4.24. The third-order valence-electron chi connectivity index (χ3n) is 2.83. The van der Waals surface area contributed by atoms with Crippen molar-refractivity contribution >= 4 is 44.6 Å². The first kappa shape index (κ1) is 12.2. The number of aromatic nitrogens is 1. The fourth-order valence-corrected chi connectivity index (χ4v) is 3.06. The molecule has 0 aliphatic carbocycles. The predicted molar refractivity (Wildman–Crippen MR) is 84.5 cm³/mol. The van der Waals surface area contributed by atoms with E-state index in [1.54, 1.807) is 11.3 Å². The van der Waals surface area contributed by atoms with Gasteiger partial charge in [0, 0.05) is 5.56 Å². The Balaban J connectivity index is 2.05. The molecule has 3 rings (SSSR count). The SMILES string of the molecule is Cc1ccc2nc(-c3ccc(N=C=S)cc3)sc2c1. The molecule has 0 N–H and O–H groups in total. The molecule has 0 saturated carbocycles. The standard InChI is InChI=1S/C15H10N2S2/c1-10-2-7-13-14(8-10)19-15(17-13)11-3-5-12(6-4-11)16-9-18/h2-8H,1H3. The van der Waals surface area contributed by atoms with Gasteiger partial charge in [0.2, 0.25) is 0 Å². The van der Waals surface area contributed by atoms with E-state index in [0.717, 1.165) is 21.8 Å². The van der Waals surface area contributed by atoms with E-state index in [9.17, 15) is 0 Å². The Hall–Kier alpha value is -1.87. The first-order valence-corrected chi connectivity index (χ1v) is 7.04. The van der Waals surface area contributed by atoms with Gasteiger partial charge in [-0.25, -0.2) is 4.98 Å². The minimum Gasteiger partial charge on any atom is -0.236 e. The molecule has 0 radical (unpaired) electrons. The van der Waals surface area contributed by atoms with Gasteiger partial charge in [-0.1, -0.05) is 6.07 Å². The number of aryl methyl sites for hydroxylation is 1. The number of nitrogens with zero attached hydrogens (tertiary/aromatic N) is 2. The van der Waals surface area contributed by atoms with Gasteiger partial charge in [0.1, 0.15) is 5.01 Å². The zero-order chi connectivity index (χ0) is 13.2. The summed E-state index contributed by atoms with van der Waals surface area (Å²) in [5.41, 5.74) is 4.22. The number of thiazole rings is 1. The summed E-state index contributed by atoms with van der Waals surface area (Å²) < 4.78 is 1.22. The molecule has 4 heteroatoms. The van der Waals surface area contributed by atoms with E-state index in [1.807, 2.05) is 24.3 Å². The lowest BCUT2D eigenvalue weighted by Crippen LogP contribution is -1.75. The van der Waals surface area contributed by atoms with Crippen LogP contribution in [0.15, 0.2) is 47.5 Å². The number of thiocarbonyl (C=S) groups is 1. The molecule has 0 fully saturated rings. The highest BCUT2D eigenvalue weighted by Gasteiger charge is 2.06. The summed E-state index contributed by atoms with van der Waals surface area (Å²) in [4.78, 5) is 8.60. The van der Waals surface area contributed by atoms with Crippen molar-refractivity contribution in [1.29, 1.82) is 0 Å². The Bertz CT molecular complexity index is 782. The summed E-state index contributed by atoms with van der Waals surface area (Å²) >= 11 is 6.29. The van der Waals surface area contributed by atoms with Crippen LogP contribution in [-0.4, -0.2) is 10.1 Å². The van der Waals surface area contributed by atoms with Crippen LogP contribution in [0, 0.1) is 6.92 Å². The van der Waals surface area contributed by atoms with Crippen molar-refractivity contribution in [2.45, 2.75) is 6.92 Å². The number of hydrogen-bond acceptors (Lipinski definition) is 4. The van der Waals surface area contributed by atoms with Crippen LogP contribution in [0.2, 0.25) is 0 Å². The van der Waals surface area contributed by atoms with E-state index in [0.29, 0.717) is 0 Å². The van der Waals surface area contributed by atoms with Crippen molar-refractivity contribution in [3.63, 3.8) is 0 Å². The smallest absolute Gasteiger partial charge is 0.124 e. The van der Waals surface area contributed by atoms with Gasteiger partial charge in [0.15, 0.2) is 0 Å². The van der Waals surface area contributed by atoms with Crippen LogP contribution in [0.3, 0.4) is 0 Å². The molecular formula is C15H10N2S2. The molecule has 0 amide bonds. The molecule has 0 saturated heterocycles. The van der Waals surface area contributed by atoms with E-state index in [1.165, 1.54) is 10.3 Å². The maximum absolute atomic E-state index is 4.65. The summed E-state index contributed by atoms with van der Waals surface area (Å²) in [7, 11) is 0. The topological polar surface area (TPSA) is 25.2 Å². The molecule has 3 aromatic rings. The average molecular weight is 282 g/mol. The van der Waals surface area contributed by atoms with E-state index < -0.39 is 0 Å². The second kappa shape index (κ2) is 5.02. The van der Waals surface area contributed by atoms with Crippen molar-refractivity contribution in [1.82, 2.24) is 4.98 Å². The molecule has 92 valence electrons. The van der Waals surface area contributed by atoms with Gasteiger partial charge in [-0.2, -0.15) is 4.99 Å². The van der Waals surface area contributed by atoms with E-state index in [-0.39, 0.29) is 0 Å². The van der Waals surface area contributed by atoms with Crippen molar-refractivity contribution in [2.75, 3.05) is 0 Å². The molecule has 0 bridgehead atoms. The minimum atomic E-state index is 0.815. The number of benzene rings is 2. The summed E-state index contributed by atoms with van der Waals surface area (Å²) in [6.07, 6.45) is 0. The lowest BCUT2D eigenvalue weighted by Gasteiger charge is -1.95. The molecule has 0 unspecified atom stereocenters. The molecule has 0 spiro atoms. The summed E-state index contributed by atoms with van der Waals surface area (Å²) in [5, 5.41) is 3.39. The van der Waals surface area contributed by atoms with Crippen LogP contribution < -0.4 is 0 Å². The maximum atomic E-state index is 4.65. The average Bonchev–Trinajstić information content (AvgIpc) is 2.83. The zero-order valence-corrected chi connectivity index (χ0v) is 11.9. The third-order valence-corrected chi connectivity index (χ3v) is 3.99. The molecule has 2 nitrogen and oxygen atoms in total. The Labute approximate surface area is 120 Å². The van der Waals surface area contributed by atoms with Crippen LogP contribution >= 0.6 is 23.6 Å². The first-order valence-electron chi connectivity index (χ1n) is 5.82. The van der Waals surface area contributed by atoms with Gasteiger partial charge in [-0.15, -0.1) is 11.3 Å². The predicted octanol–water partition coefficient (Wildman–Crippen LogP) is 5.01. The van der Waals surface area contributed by atoms with Gasteiger partial charge in [0.25, 0.3) is 0 Å². The quantitative estimate of drug-likeness (QED) is 0.488. The van der Waals surface area contributed by atoms with Gasteiger partial charge in [-0.05, 0) is 61.1 Å². The van der Waals surface area contributed by atoms with E-state index in [4.69, 9.17) is 0 Å². The Kier molecular flexibility index (Phi) is 3.22. The van der Waals surface area contributed by atoms with Crippen LogP contribution in [0.1, 0.15) is 5.56 Å². The number of hydrogen-bond donors (Lipinski definition) is 0. The van der Waals surface area contributed by atoms with Gasteiger partial charge >= 0.3 is 0 Å². The lowest BCUT2D eigenvalue weighted by molar-refractivity contribution is 1.45. The summed E-state index contributed by atoms with van der Waals surface area (Å²) in [6.45, 7) is 2.09. The first-order chi connectivity index (χ1) is 9.26. The van der Waals surface area contributed by atoms with E-state index >= 15 is 0 Å². The van der Waals surface area contributed by atoms with Crippen molar-refractivity contribution < 1.29 is 0 Å². The lowest BCUT2D eigenvalue weighted by atomic mass is 10.2. The molecule has 0 aliphatic heterocycles. The number of aliphatic imine (C=N–C) groups is 1. The zero-order valence-electron chi connectivity index (χ0n) is 10.3. The molecule has 1 heterocycles. The fraction of sp³-hybridized carbons (Fsp3) is 0.0667. The number of fused-ring (bicyclic) bond motifs is 1. The molecule has 0 aliphatic rings. The van der Waals surface area contributed by atoms with Crippen molar-refractivity contribution in [3.8, 4) is 10.6 Å². The normalized spacial score (nSPS) is 10.4. The van der Waals surface area contributed by atoms with Gasteiger partial charge < -0.3 is 0 Å². The van der Waals surface area contributed by atoms with Gasteiger partial charge in [0.05, 0.1) is 21.1 Å². The minimum absolute atomic E-state index is 0.815. The Morgan fingerprint density at radius 1 is 1.16 bits per heavy atom. The van der Waals surface area contributed by atoms with Crippen LogP contribution in [-0.2, 0) is 0 Å². The third kappa shape index (κ3) is 2.47. The molecular weight excluding hydrogens is 272 g/mol. The van der Waals surface area contributed by atoms with Crippen molar-refractivity contribution in [2.24, 2.45) is 4.99 Å². The second-order valence-corrected chi connectivity index (χ2v) is 5.45. The van der Waals surface area contributed by atoms with Crippen LogP contribution in [0.5, 0.6) is 0 Å². The maximum Gasteiger partial charge on any atom is 0.124 e. The van der Waals surface area contributed by atoms with E-state index in [2.05, 4.69) is 52.5 Å². The van der Waals surface area contributed by atoms with Crippen LogP contribution in [0.25, 0.3) is 20.8 Å². The number of rotatable bonds is 2. The highest BCUT2D eigenvalue weighted by Crippen LogP contribution is 2.31. The molecule has 19 heavy (non-hydrogen) atoms. The highest BCUT2D eigenvalue weighted by atomic mass is 32.1. The van der Waals surface area contributed by atoms with Crippen LogP contribution in [0.4, 0.5) is 5.69 Å². The van der Waals surface area contributed by atoms with Crippen molar-refractivity contribution in [3.05, 3.63) is 48.0 Å². The summed E-state index contributed by atoms with van der Waals surface area (Å²) in [6, 6.07) is 14.2. The highest BCUT2D eigenvalue weighted by molar-refractivity contribution is 7.78. The number of isothiocyanates is 1. The summed E-state index contributed by atoms with van der Waals surface area (Å²) in [5.74, 6) is 0. The molecule has 0 atom stereocenters. The monoisotopic (exact) mass is 282 g/mol. The Morgan fingerprint density at radius 2 is 1.95 bits per heavy atom. The Morgan fingerprint density at radius 3 is 2.68 bits per heavy atom. The fourth-order valence-electron chi connectivity index (χ4n) is 1.89. The van der Waals surface area contributed by atoms with Gasteiger partial charge in [-0.3, -0.25) is 0 Å².